The van der Waals surface area contributed by atoms with Gasteiger partial charge >= 0.3 is 13.6 Å². The molecule has 0 aromatic heterocycles. The van der Waals surface area contributed by atoms with E-state index in [2.05, 4.69) is 10.6 Å². The van der Waals surface area contributed by atoms with Gasteiger partial charge in [0, 0.05) is 19.2 Å². The van der Waals surface area contributed by atoms with Crippen molar-refractivity contribution in [2.24, 2.45) is 0 Å². The zero-order valence-electron chi connectivity index (χ0n) is 14.1. The summed E-state index contributed by atoms with van der Waals surface area (Å²) in [5.41, 5.74) is 0. The summed E-state index contributed by atoms with van der Waals surface area (Å²) >= 11 is 6.22. The fourth-order valence-electron chi connectivity index (χ4n) is 1.65. The number of thiocarbonyl (C=S) groups is 1. The van der Waals surface area contributed by atoms with Crippen molar-refractivity contribution >= 4 is 47.8 Å². The third kappa shape index (κ3) is 11.0. The predicted octanol–water partition coefficient (Wildman–Crippen LogP) is 1.84. The molecule has 0 aliphatic rings. The van der Waals surface area contributed by atoms with Crippen LogP contribution in [0.3, 0.4) is 0 Å². The van der Waals surface area contributed by atoms with Crippen LogP contribution in [0.4, 0.5) is 0 Å². The highest BCUT2D eigenvalue weighted by Crippen LogP contribution is 2.48. The van der Waals surface area contributed by atoms with E-state index in [-0.39, 0.29) is 11.9 Å². The Hall–Kier alpha value is -0.670. The summed E-state index contributed by atoms with van der Waals surface area (Å²) in [4.78, 5) is 21.9. The number of amides is 1. The Morgan fingerprint density at radius 2 is 1.88 bits per heavy atom. The molecule has 0 unspecified atom stereocenters. The first-order valence-corrected chi connectivity index (χ1v) is 10.6. The quantitative estimate of drug-likeness (QED) is 0.256. The highest BCUT2D eigenvalue weighted by molar-refractivity contribution is 8.23. The Kier molecular flexibility index (Phi) is 12.3. The van der Waals surface area contributed by atoms with E-state index in [1.165, 1.54) is 6.92 Å². The highest BCUT2D eigenvalue weighted by atomic mass is 32.2. The molecule has 1 atom stereocenters. The maximum atomic E-state index is 12.2. The van der Waals surface area contributed by atoms with E-state index >= 15 is 0 Å². The number of rotatable bonds is 12. The van der Waals surface area contributed by atoms with Crippen molar-refractivity contribution in [2.45, 2.75) is 33.2 Å². The van der Waals surface area contributed by atoms with Gasteiger partial charge in [-0.1, -0.05) is 24.0 Å². The topological polar surface area (TPSA) is 114 Å². The molecule has 0 saturated carbocycles. The van der Waals surface area contributed by atoms with E-state index in [0.717, 1.165) is 11.8 Å². The molecule has 1 amide bonds. The maximum absolute atomic E-state index is 12.2. The van der Waals surface area contributed by atoms with Gasteiger partial charge in [-0.2, -0.15) is 0 Å². The van der Waals surface area contributed by atoms with Gasteiger partial charge in [0.05, 0.1) is 19.4 Å². The molecule has 140 valence electrons. The molecule has 0 saturated heterocycles. The number of hydrogen-bond donors (Lipinski definition) is 3. The molecule has 11 heteroatoms. The minimum atomic E-state index is -3.05. The van der Waals surface area contributed by atoms with Crippen LogP contribution >= 0.6 is 31.6 Å². The van der Waals surface area contributed by atoms with Crippen LogP contribution in [0.1, 0.15) is 27.2 Å². The van der Waals surface area contributed by atoms with Crippen molar-refractivity contribution in [1.82, 2.24) is 10.6 Å². The van der Waals surface area contributed by atoms with Crippen LogP contribution in [0.5, 0.6) is 0 Å². The Bertz CT molecular complexity index is 467. The first kappa shape index (κ1) is 23.3. The molecule has 0 spiro atoms. The second kappa shape index (κ2) is 12.7. The van der Waals surface area contributed by atoms with E-state index < -0.39 is 25.5 Å². The van der Waals surface area contributed by atoms with Crippen molar-refractivity contribution in [1.29, 1.82) is 0 Å². The second-order valence-corrected chi connectivity index (χ2v) is 8.52. The van der Waals surface area contributed by atoms with Crippen LogP contribution in [0.2, 0.25) is 0 Å². The van der Waals surface area contributed by atoms with E-state index in [1.54, 1.807) is 13.8 Å². The van der Waals surface area contributed by atoms with Gasteiger partial charge in [0.2, 0.25) is 5.91 Å². The first-order valence-electron chi connectivity index (χ1n) is 7.52. The second-order valence-electron chi connectivity index (χ2n) is 4.64. The molecule has 0 aliphatic carbocycles. The molecule has 0 rings (SSSR count). The normalized spacial score (nSPS) is 12.5. The number of aliphatic carboxylic acids is 1. The standard InChI is InChI=1S/C13H25N2O6PS2/c1-4-20-22(19,21-5-2)8-6-7-14-13(23)24-9-11(12(17)18)15-10(3)16/h11H,4-9H2,1-3H3,(H,14,23)(H,15,16)(H,17,18)/t11-/m0/s1. The van der Waals surface area contributed by atoms with Crippen molar-refractivity contribution in [3.05, 3.63) is 0 Å². The van der Waals surface area contributed by atoms with Gasteiger partial charge in [0.15, 0.2) is 0 Å². The van der Waals surface area contributed by atoms with E-state index in [4.69, 9.17) is 26.4 Å². The van der Waals surface area contributed by atoms with Crippen molar-refractivity contribution < 1.29 is 28.3 Å². The number of hydrogen-bond acceptors (Lipinski definition) is 7. The van der Waals surface area contributed by atoms with Crippen molar-refractivity contribution in [3.8, 4) is 0 Å². The summed E-state index contributed by atoms with van der Waals surface area (Å²) in [6.07, 6.45) is 0.810. The molecule has 0 aliphatic heterocycles. The minimum absolute atomic E-state index is 0.122. The fourth-order valence-corrected chi connectivity index (χ4v) is 4.37. The third-order valence-corrected chi connectivity index (χ3v) is 6.16. The number of nitrogens with one attached hydrogen (secondary N) is 2. The lowest BCUT2D eigenvalue weighted by Crippen LogP contribution is -2.42. The molecule has 0 radical (unpaired) electrons. The SMILES string of the molecule is CCOP(=O)(CCCNC(=S)SC[C@H](NC(C)=O)C(=O)O)OCC. The lowest BCUT2D eigenvalue weighted by molar-refractivity contribution is -0.140. The predicted molar refractivity (Wildman–Crippen MR) is 98.6 cm³/mol. The van der Waals surface area contributed by atoms with Crippen LogP contribution in [0.15, 0.2) is 0 Å². The van der Waals surface area contributed by atoms with Gasteiger partial charge in [-0.25, -0.2) is 4.79 Å². The number of carboxylic acids is 1. The van der Waals surface area contributed by atoms with E-state index in [9.17, 15) is 14.2 Å². The van der Waals surface area contributed by atoms with Crippen LogP contribution in [-0.4, -0.2) is 59.0 Å². The smallest absolute Gasteiger partial charge is 0.330 e. The summed E-state index contributed by atoms with van der Waals surface area (Å²) in [5.74, 6) is -1.41. The van der Waals surface area contributed by atoms with Gasteiger partial charge in [0.1, 0.15) is 10.4 Å². The molecule has 0 aromatic rings. The molecule has 0 heterocycles. The lowest BCUT2D eigenvalue weighted by atomic mass is 10.3. The molecule has 3 N–H and O–H groups in total. The molecule has 0 fully saturated rings. The van der Waals surface area contributed by atoms with Gasteiger partial charge < -0.3 is 24.8 Å². The Morgan fingerprint density at radius 1 is 1.29 bits per heavy atom. The van der Waals surface area contributed by atoms with E-state index in [1.807, 2.05) is 0 Å². The minimum Gasteiger partial charge on any atom is -0.480 e. The molecule has 24 heavy (non-hydrogen) atoms. The molecular weight excluding hydrogens is 375 g/mol. The van der Waals surface area contributed by atoms with Crippen molar-refractivity contribution in [3.63, 3.8) is 0 Å². The number of carbonyl (C=O) groups is 2. The fraction of sp³-hybridized carbons (Fsp3) is 0.769. The summed E-state index contributed by atoms with van der Waals surface area (Å²) < 4.78 is 23.0. The zero-order chi connectivity index (χ0) is 18.6. The van der Waals surface area contributed by atoms with Gasteiger partial charge in [-0.3, -0.25) is 9.36 Å². The Labute approximate surface area is 152 Å². The average molecular weight is 400 g/mol. The summed E-state index contributed by atoms with van der Waals surface area (Å²) in [6.45, 7) is 5.87. The van der Waals surface area contributed by atoms with Gasteiger partial charge in [-0.05, 0) is 20.3 Å². The van der Waals surface area contributed by atoms with Gasteiger partial charge in [-0.15, -0.1) is 0 Å². The van der Waals surface area contributed by atoms with Crippen LogP contribution in [-0.2, 0) is 23.2 Å². The van der Waals surface area contributed by atoms with Crippen molar-refractivity contribution in [2.75, 3.05) is 31.7 Å². The van der Waals surface area contributed by atoms with Crippen LogP contribution < -0.4 is 10.6 Å². The third-order valence-electron chi connectivity index (χ3n) is 2.59. The lowest BCUT2D eigenvalue weighted by Gasteiger charge is -2.17. The Morgan fingerprint density at radius 3 is 2.33 bits per heavy atom. The molecule has 0 bridgehead atoms. The number of carboxylic acid groups (broad SMARTS) is 1. The maximum Gasteiger partial charge on any atom is 0.330 e. The van der Waals surface area contributed by atoms with Crippen LogP contribution in [0, 0.1) is 0 Å². The van der Waals surface area contributed by atoms with E-state index in [0.29, 0.717) is 30.5 Å². The monoisotopic (exact) mass is 400 g/mol. The zero-order valence-corrected chi connectivity index (χ0v) is 16.6. The Balaban J connectivity index is 4.11. The number of thioether (sulfide) groups is 1. The van der Waals surface area contributed by atoms with Crippen LogP contribution in [0.25, 0.3) is 0 Å². The average Bonchev–Trinajstić information content (AvgIpc) is 2.48. The summed E-state index contributed by atoms with van der Waals surface area (Å²) in [6, 6.07) is -0.997. The van der Waals surface area contributed by atoms with Gasteiger partial charge in [0.25, 0.3) is 0 Å². The number of carbonyl (C=O) groups excluding carboxylic acids is 1. The largest absolute Gasteiger partial charge is 0.480 e. The summed E-state index contributed by atoms with van der Waals surface area (Å²) in [7, 11) is -3.05. The first-order chi connectivity index (χ1) is 11.2. The molecule has 0 aromatic carbocycles. The highest BCUT2D eigenvalue weighted by Gasteiger charge is 2.23. The summed E-state index contributed by atoms with van der Waals surface area (Å²) in [5, 5.41) is 14.3. The molecule has 8 nitrogen and oxygen atoms in total. The molecular formula is C13H25N2O6PS2.